The molecule has 0 saturated carbocycles. The average molecular weight is 247 g/mol. The number of carbonyl (C=O) groups excluding carboxylic acids is 1. The van der Waals surface area contributed by atoms with Gasteiger partial charge in [0.15, 0.2) is 0 Å². The molecule has 1 aromatic heterocycles. The maximum absolute atomic E-state index is 10.9. The van der Waals surface area contributed by atoms with Gasteiger partial charge in [0.1, 0.15) is 0 Å². The largest absolute Gasteiger partial charge is 0.476 e. The molecule has 2 rings (SSSR count). The van der Waals surface area contributed by atoms with Crippen molar-refractivity contribution in [1.29, 1.82) is 0 Å². The van der Waals surface area contributed by atoms with E-state index in [2.05, 4.69) is 10.3 Å². The normalized spacial score (nSPS) is 10.0. The number of amides is 2. The molecule has 0 atom stereocenters. The van der Waals surface area contributed by atoms with E-state index in [1.165, 1.54) is 0 Å². The van der Waals surface area contributed by atoms with Gasteiger partial charge in [0, 0.05) is 5.56 Å². The lowest BCUT2D eigenvalue weighted by Crippen LogP contribution is -2.20. The standard InChI is InChI=1S/C11H9N3O4/c12-11(17)14-9-7(10(15)16)13-8(18-9)6-4-2-1-3-5-6/h1-5H,(H,15,16)(H3,12,14,17). The second-order valence-corrected chi connectivity index (χ2v) is 3.36. The zero-order valence-electron chi connectivity index (χ0n) is 9.08. The molecule has 2 amide bonds. The lowest BCUT2D eigenvalue weighted by atomic mass is 10.2. The molecule has 0 unspecified atom stereocenters. The monoisotopic (exact) mass is 247 g/mol. The van der Waals surface area contributed by atoms with Crippen LogP contribution in [-0.2, 0) is 0 Å². The third-order valence-electron chi connectivity index (χ3n) is 2.09. The molecule has 4 N–H and O–H groups in total. The van der Waals surface area contributed by atoms with Gasteiger partial charge in [-0.05, 0) is 12.1 Å². The Hall–Kier alpha value is -2.83. The Morgan fingerprint density at radius 3 is 2.50 bits per heavy atom. The second kappa shape index (κ2) is 4.58. The Morgan fingerprint density at radius 1 is 1.28 bits per heavy atom. The van der Waals surface area contributed by atoms with Crippen LogP contribution in [0.1, 0.15) is 10.5 Å². The molecular formula is C11H9N3O4. The summed E-state index contributed by atoms with van der Waals surface area (Å²) in [6.45, 7) is 0. The topological polar surface area (TPSA) is 118 Å². The maximum atomic E-state index is 10.9. The van der Waals surface area contributed by atoms with E-state index in [0.29, 0.717) is 5.56 Å². The number of hydrogen-bond donors (Lipinski definition) is 3. The number of carboxylic acids is 1. The minimum atomic E-state index is -1.32. The smallest absolute Gasteiger partial charge is 0.360 e. The van der Waals surface area contributed by atoms with Gasteiger partial charge in [0.25, 0.3) is 0 Å². The van der Waals surface area contributed by atoms with E-state index in [1.54, 1.807) is 30.3 Å². The van der Waals surface area contributed by atoms with Gasteiger partial charge in [-0.1, -0.05) is 18.2 Å². The summed E-state index contributed by atoms with van der Waals surface area (Å²) in [6, 6.07) is 7.78. The molecule has 18 heavy (non-hydrogen) atoms. The van der Waals surface area contributed by atoms with Gasteiger partial charge in [-0.25, -0.2) is 9.59 Å². The van der Waals surface area contributed by atoms with Gasteiger partial charge in [-0.15, -0.1) is 0 Å². The summed E-state index contributed by atoms with van der Waals surface area (Å²) >= 11 is 0. The number of carbonyl (C=O) groups is 2. The number of benzene rings is 1. The number of nitrogens with one attached hydrogen (secondary N) is 1. The summed E-state index contributed by atoms with van der Waals surface area (Å²) in [7, 11) is 0. The summed E-state index contributed by atoms with van der Waals surface area (Å²) in [4.78, 5) is 25.4. The number of nitrogens with two attached hydrogens (primary N) is 1. The molecule has 0 aliphatic rings. The van der Waals surface area contributed by atoms with E-state index in [0.717, 1.165) is 0 Å². The predicted molar refractivity (Wildman–Crippen MR) is 62.1 cm³/mol. The number of urea groups is 1. The minimum Gasteiger partial charge on any atom is -0.476 e. The van der Waals surface area contributed by atoms with Crippen LogP contribution in [0.3, 0.4) is 0 Å². The van der Waals surface area contributed by atoms with Crippen molar-refractivity contribution in [1.82, 2.24) is 4.98 Å². The Balaban J connectivity index is 2.45. The molecule has 92 valence electrons. The summed E-state index contributed by atoms with van der Waals surface area (Å²) in [5, 5.41) is 11.0. The van der Waals surface area contributed by atoms with E-state index >= 15 is 0 Å². The van der Waals surface area contributed by atoms with Crippen molar-refractivity contribution in [2.45, 2.75) is 0 Å². The van der Waals surface area contributed by atoms with E-state index in [4.69, 9.17) is 15.3 Å². The third kappa shape index (κ3) is 2.29. The fourth-order valence-corrected chi connectivity index (χ4v) is 1.37. The molecule has 7 heteroatoms. The SMILES string of the molecule is NC(=O)Nc1oc(-c2ccccc2)nc1C(=O)O. The number of rotatable bonds is 3. The van der Waals surface area contributed by atoms with E-state index in [-0.39, 0.29) is 11.8 Å². The number of aromatic nitrogens is 1. The van der Waals surface area contributed by atoms with Crippen molar-refractivity contribution in [2.24, 2.45) is 5.73 Å². The molecule has 1 heterocycles. The molecule has 2 aromatic rings. The van der Waals surface area contributed by atoms with Gasteiger partial charge in [0.05, 0.1) is 0 Å². The lowest BCUT2D eigenvalue weighted by molar-refractivity contribution is 0.0692. The average Bonchev–Trinajstić information content (AvgIpc) is 2.73. The van der Waals surface area contributed by atoms with Crippen LogP contribution in [0.2, 0.25) is 0 Å². The number of primary amides is 1. The van der Waals surface area contributed by atoms with Crippen molar-refractivity contribution in [3.8, 4) is 11.5 Å². The van der Waals surface area contributed by atoms with Crippen LogP contribution >= 0.6 is 0 Å². The highest BCUT2D eigenvalue weighted by Gasteiger charge is 2.21. The summed E-state index contributed by atoms with van der Waals surface area (Å²) in [5.41, 5.74) is 5.11. The van der Waals surface area contributed by atoms with Crippen LogP contribution in [0.5, 0.6) is 0 Å². The lowest BCUT2D eigenvalue weighted by Gasteiger charge is -1.96. The fourth-order valence-electron chi connectivity index (χ4n) is 1.37. The molecule has 0 aliphatic heterocycles. The zero-order chi connectivity index (χ0) is 13.1. The van der Waals surface area contributed by atoms with Crippen LogP contribution in [0.15, 0.2) is 34.7 Å². The van der Waals surface area contributed by atoms with Crippen molar-refractivity contribution in [3.05, 3.63) is 36.0 Å². The maximum Gasteiger partial charge on any atom is 0.360 e. The zero-order valence-corrected chi connectivity index (χ0v) is 9.08. The number of hydrogen-bond acceptors (Lipinski definition) is 4. The highest BCUT2D eigenvalue weighted by Crippen LogP contribution is 2.25. The van der Waals surface area contributed by atoms with Crippen molar-refractivity contribution < 1.29 is 19.1 Å². The van der Waals surface area contributed by atoms with Gasteiger partial charge in [0.2, 0.25) is 17.5 Å². The first-order valence-electron chi connectivity index (χ1n) is 4.94. The molecular weight excluding hydrogens is 238 g/mol. The first-order valence-corrected chi connectivity index (χ1v) is 4.94. The van der Waals surface area contributed by atoms with Gasteiger partial charge in [-0.2, -0.15) is 4.98 Å². The predicted octanol–water partition coefficient (Wildman–Crippen LogP) is 1.53. The van der Waals surface area contributed by atoms with Crippen molar-refractivity contribution >= 4 is 17.9 Å². The van der Waals surface area contributed by atoms with E-state index in [9.17, 15) is 9.59 Å². The summed E-state index contributed by atoms with van der Waals surface area (Å²) in [6.07, 6.45) is 0. The molecule has 0 aliphatic carbocycles. The molecule has 0 saturated heterocycles. The highest BCUT2D eigenvalue weighted by molar-refractivity contribution is 5.96. The quantitative estimate of drug-likeness (QED) is 0.759. The van der Waals surface area contributed by atoms with Gasteiger partial charge >= 0.3 is 12.0 Å². The summed E-state index contributed by atoms with van der Waals surface area (Å²) in [5.74, 6) is -1.50. The Kier molecular flexibility index (Phi) is 2.96. The van der Waals surface area contributed by atoms with E-state index in [1.807, 2.05) is 0 Å². The molecule has 1 aromatic carbocycles. The van der Waals surface area contributed by atoms with Crippen LogP contribution in [0.4, 0.5) is 10.7 Å². The Morgan fingerprint density at radius 2 is 1.94 bits per heavy atom. The Bertz CT molecular complexity index is 592. The fraction of sp³-hybridized carbons (Fsp3) is 0. The molecule has 0 fully saturated rings. The highest BCUT2D eigenvalue weighted by atomic mass is 16.4. The number of anilines is 1. The molecule has 0 bridgehead atoms. The van der Waals surface area contributed by atoms with Crippen molar-refractivity contribution in [3.63, 3.8) is 0 Å². The van der Waals surface area contributed by atoms with E-state index < -0.39 is 17.7 Å². The summed E-state index contributed by atoms with van der Waals surface area (Å²) < 4.78 is 5.17. The van der Waals surface area contributed by atoms with Crippen LogP contribution in [0.25, 0.3) is 11.5 Å². The molecule has 0 spiro atoms. The number of nitrogens with zero attached hydrogens (tertiary/aromatic N) is 1. The van der Waals surface area contributed by atoms with Crippen LogP contribution in [-0.4, -0.2) is 22.1 Å². The number of oxazole rings is 1. The minimum absolute atomic E-state index is 0.0942. The van der Waals surface area contributed by atoms with Crippen molar-refractivity contribution in [2.75, 3.05) is 5.32 Å². The molecule has 0 radical (unpaired) electrons. The number of carboxylic acid groups (broad SMARTS) is 1. The second-order valence-electron chi connectivity index (χ2n) is 3.36. The van der Waals surface area contributed by atoms with Gasteiger partial charge < -0.3 is 15.3 Å². The number of aromatic carboxylic acids is 1. The first kappa shape index (κ1) is 11.6. The third-order valence-corrected chi connectivity index (χ3v) is 2.09. The van der Waals surface area contributed by atoms with Crippen LogP contribution in [0, 0.1) is 0 Å². The van der Waals surface area contributed by atoms with Gasteiger partial charge in [-0.3, -0.25) is 5.32 Å². The first-order chi connectivity index (χ1) is 8.58. The van der Waals surface area contributed by atoms with Crippen LogP contribution < -0.4 is 11.1 Å². The Labute approximate surface area is 101 Å². The molecule has 7 nitrogen and oxygen atoms in total.